The summed E-state index contributed by atoms with van der Waals surface area (Å²) in [5.41, 5.74) is 4.26. The molecule has 0 atom stereocenters. The number of rotatable bonds is 15. The Morgan fingerprint density at radius 1 is 0.978 bits per heavy atom. The Hall–Kier alpha value is -4.01. The molecule has 9 heteroatoms. The summed E-state index contributed by atoms with van der Waals surface area (Å²) in [5.74, 6) is 5.07. The molecule has 1 rings (SSSR count). The van der Waals surface area contributed by atoms with E-state index in [0.29, 0.717) is 46.8 Å². The molecule has 5 N–H and O–H groups in total. The fourth-order valence-corrected chi connectivity index (χ4v) is 3.76. The number of nitrogens with two attached hydrogens (primary N) is 1. The molecule has 0 saturated heterocycles. The van der Waals surface area contributed by atoms with Crippen LogP contribution in [0.25, 0.3) is 0 Å². The predicted molar refractivity (Wildman–Crippen MR) is 194 cm³/mol. The molecule has 1 aliphatic heterocycles. The van der Waals surface area contributed by atoms with E-state index in [4.69, 9.17) is 11.3 Å². The molecule has 45 heavy (non-hydrogen) atoms. The minimum absolute atomic E-state index is 0.113. The lowest BCUT2D eigenvalue weighted by atomic mass is 10.0. The first-order valence-electron chi connectivity index (χ1n) is 16.4. The summed E-state index contributed by atoms with van der Waals surface area (Å²) in [6, 6.07) is 0. The van der Waals surface area contributed by atoms with Crippen LogP contribution in [0.4, 0.5) is 0 Å². The quantitative estimate of drug-likeness (QED) is 0.0363. The molecule has 0 spiro atoms. The number of unbranched alkanes of at least 4 members (excludes halogenated alkanes) is 3. The number of allylic oxidation sites excluding steroid dienone is 7. The van der Waals surface area contributed by atoms with E-state index in [9.17, 15) is 9.59 Å². The van der Waals surface area contributed by atoms with Crippen LogP contribution in [0.15, 0.2) is 80.6 Å². The van der Waals surface area contributed by atoms with Crippen molar-refractivity contribution in [3.05, 3.63) is 70.4 Å². The van der Waals surface area contributed by atoms with Crippen molar-refractivity contribution < 1.29 is 9.59 Å². The second kappa shape index (κ2) is 26.4. The van der Waals surface area contributed by atoms with E-state index in [0.717, 1.165) is 18.4 Å². The second-order valence-electron chi connectivity index (χ2n) is 10.7. The molecule has 0 aromatic carbocycles. The van der Waals surface area contributed by atoms with Crippen molar-refractivity contribution in [1.29, 1.82) is 5.41 Å². The van der Waals surface area contributed by atoms with Gasteiger partial charge in [-0.2, -0.15) is 10.2 Å². The van der Waals surface area contributed by atoms with Crippen molar-refractivity contribution in [1.82, 2.24) is 15.6 Å². The fourth-order valence-electron chi connectivity index (χ4n) is 3.76. The molecule has 0 radical (unpaired) electrons. The van der Waals surface area contributed by atoms with Crippen LogP contribution < -0.4 is 16.5 Å². The highest BCUT2D eigenvalue weighted by molar-refractivity contribution is 6.47. The van der Waals surface area contributed by atoms with Crippen LogP contribution in [-0.4, -0.2) is 35.0 Å². The Kier molecular flexibility index (Phi) is 25.3. The summed E-state index contributed by atoms with van der Waals surface area (Å²) < 4.78 is 0. The average Bonchev–Trinajstić information content (AvgIpc) is 3.01. The van der Waals surface area contributed by atoms with E-state index in [1.54, 1.807) is 38.3 Å². The summed E-state index contributed by atoms with van der Waals surface area (Å²) in [6.45, 7) is 23.5. The first-order chi connectivity index (χ1) is 21.5. The molecular formula is C36H61N7O2. The number of hydrazone groups is 2. The van der Waals surface area contributed by atoms with E-state index in [-0.39, 0.29) is 17.5 Å². The summed E-state index contributed by atoms with van der Waals surface area (Å²) in [4.78, 5) is 25.5. The SMILES string of the molecule is C=NN1C=C(/C(=N/N)C(C)=N)C=C/C1=C(/CCC)C(=O)NC(/C=C(\C=C/CC)NC(=O)CC)=C(C)C.CCC.CCCCCC. The monoisotopic (exact) mass is 623 g/mol. The Balaban J connectivity index is 0. The Bertz CT molecular complexity index is 1160. The highest BCUT2D eigenvalue weighted by atomic mass is 16.2. The van der Waals surface area contributed by atoms with E-state index < -0.39 is 0 Å². The minimum atomic E-state index is -0.286. The summed E-state index contributed by atoms with van der Waals surface area (Å²) in [5, 5.41) is 23.0. The maximum absolute atomic E-state index is 13.5. The molecule has 0 bridgehead atoms. The van der Waals surface area contributed by atoms with Gasteiger partial charge in [0.05, 0.1) is 11.4 Å². The number of hydrogen-bond acceptors (Lipinski definition) is 7. The zero-order chi connectivity index (χ0) is 34.8. The molecule has 0 saturated carbocycles. The molecular weight excluding hydrogens is 562 g/mol. The van der Waals surface area contributed by atoms with Gasteiger partial charge in [-0.3, -0.25) is 9.59 Å². The zero-order valence-corrected chi connectivity index (χ0v) is 29.8. The lowest BCUT2D eigenvalue weighted by Crippen LogP contribution is -2.29. The highest BCUT2D eigenvalue weighted by Crippen LogP contribution is 2.25. The number of nitrogens with one attached hydrogen (secondary N) is 3. The maximum Gasteiger partial charge on any atom is 0.253 e. The van der Waals surface area contributed by atoms with Crippen LogP contribution in [0.2, 0.25) is 0 Å². The van der Waals surface area contributed by atoms with E-state index in [1.165, 1.54) is 37.1 Å². The van der Waals surface area contributed by atoms with Crippen LogP contribution in [0.5, 0.6) is 0 Å². The molecule has 9 nitrogen and oxygen atoms in total. The standard InChI is InChI=1S/C27H39N7O2.C6H14.C3H8/c1-8-11-13-21(31-25(35)10-3)16-23(18(4)5)32-27(36)22(12-9-2)24-15-14-20(17-34(24)30-7)26(33-29)19(6)28;1-3-5-6-4-2;1-3-2/h11,13-17,28H,7-10,12,29H2,1-6H3,(H,31,35)(H,32,36);3-6H2,1-2H3;3H2,1-2H3/b13-11-,21-16+,24-22+,28-19?,33-26+;;. The minimum Gasteiger partial charge on any atom is -0.326 e. The first kappa shape index (κ1) is 43.1. The molecule has 2 amide bonds. The van der Waals surface area contributed by atoms with Gasteiger partial charge in [0.1, 0.15) is 5.71 Å². The number of carbonyl (C=O) groups is 2. The molecule has 0 aromatic rings. The number of nitrogens with zero attached hydrogens (tertiary/aromatic N) is 3. The predicted octanol–water partition coefficient (Wildman–Crippen LogP) is 8.56. The lowest BCUT2D eigenvalue weighted by Gasteiger charge is -2.24. The normalized spacial score (nSPS) is 13.9. The number of amides is 2. The van der Waals surface area contributed by atoms with Gasteiger partial charge in [-0.15, -0.1) is 0 Å². The third-order valence-electron chi connectivity index (χ3n) is 6.10. The van der Waals surface area contributed by atoms with Crippen LogP contribution in [0.3, 0.4) is 0 Å². The molecule has 0 aromatic heterocycles. The van der Waals surface area contributed by atoms with Crippen LogP contribution in [0.1, 0.15) is 127 Å². The van der Waals surface area contributed by atoms with Crippen molar-refractivity contribution in [3.63, 3.8) is 0 Å². The maximum atomic E-state index is 13.5. The van der Waals surface area contributed by atoms with Gasteiger partial charge in [0.25, 0.3) is 5.91 Å². The second-order valence-corrected chi connectivity index (χ2v) is 10.7. The summed E-state index contributed by atoms with van der Waals surface area (Å²) in [7, 11) is 0. The smallest absolute Gasteiger partial charge is 0.253 e. The molecule has 1 aliphatic rings. The Morgan fingerprint density at radius 3 is 2.00 bits per heavy atom. The summed E-state index contributed by atoms with van der Waals surface area (Å²) in [6.07, 6.45) is 19.8. The number of carbonyl (C=O) groups excluding carboxylic acids is 2. The van der Waals surface area contributed by atoms with Crippen LogP contribution in [0, 0.1) is 5.41 Å². The molecule has 252 valence electrons. The topological polar surface area (TPSA) is 136 Å². The van der Waals surface area contributed by atoms with Gasteiger partial charge in [0.2, 0.25) is 5.91 Å². The van der Waals surface area contributed by atoms with Crippen molar-refractivity contribution in [2.75, 3.05) is 0 Å². The van der Waals surface area contributed by atoms with Crippen molar-refractivity contribution in [3.8, 4) is 0 Å². The molecule has 0 unspecified atom stereocenters. The van der Waals surface area contributed by atoms with E-state index >= 15 is 0 Å². The van der Waals surface area contributed by atoms with E-state index in [2.05, 4.69) is 55.2 Å². The highest BCUT2D eigenvalue weighted by Gasteiger charge is 2.22. The van der Waals surface area contributed by atoms with Gasteiger partial charge >= 0.3 is 0 Å². The Labute approximate surface area is 273 Å². The van der Waals surface area contributed by atoms with E-state index in [1.807, 2.05) is 39.8 Å². The first-order valence-corrected chi connectivity index (χ1v) is 16.4. The molecule has 1 heterocycles. The molecule has 0 aliphatic carbocycles. The lowest BCUT2D eigenvalue weighted by molar-refractivity contribution is -0.120. The van der Waals surface area contributed by atoms with Gasteiger partial charge < -0.3 is 21.9 Å². The van der Waals surface area contributed by atoms with Gasteiger partial charge in [-0.25, -0.2) is 5.01 Å². The van der Waals surface area contributed by atoms with Crippen molar-refractivity contribution in [2.24, 2.45) is 16.0 Å². The van der Waals surface area contributed by atoms with Gasteiger partial charge in [-0.1, -0.05) is 98.6 Å². The summed E-state index contributed by atoms with van der Waals surface area (Å²) >= 11 is 0. The fraction of sp³-hybridized carbons (Fsp3) is 0.528. The average molecular weight is 624 g/mol. The van der Waals surface area contributed by atoms with Gasteiger partial charge in [-0.05, 0) is 57.9 Å². The van der Waals surface area contributed by atoms with Crippen molar-refractivity contribution in [2.45, 2.75) is 127 Å². The van der Waals surface area contributed by atoms with Crippen molar-refractivity contribution >= 4 is 30.0 Å². The Morgan fingerprint density at radius 2 is 1.58 bits per heavy atom. The third-order valence-corrected chi connectivity index (χ3v) is 6.10. The third kappa shape index (κ3) is 17.8. The van der Waals surface area contributed by atoms with Gasteiger partial charge in [0.15, 0.2) is 0 Å². The largest absolute Gasteiger partial charge is 0.326 e. The number of hydrogen-bond donors (Lipinski definition) is 4. The van der Waals surface area contributed by atoms with Crippen LogP contribution >= 0.6 is 0 Å². The zero-order valence-electron chi connectivity index (χ0n) is 29.8. The molecule has 0 fully saturated rings. The van der Waals surface area contributed by atoms with Crippen LogP contribution in [-0.2, 0) is 9.59 Å². The van der Waals surface area contributed by atoms with Gasteiger partial charge in [0, 0.05) is 41.9 Å².